The SMILES string of the molecule is CCC[C@H](C)[C@H](C)O. The molecule has 0 bridgehead atoms. The van der Waals surface area contributed by atoms with E-state index >= 15 is 0 Å². The van der Waals surface area contributed by atoms with Crippen LogP contribution in [0.4, 0.5) is 0 Å². The smallest absolute Gasteiger partial charge is 0.0537 e. The standard InChI is InChI=1S/C7H16O/c1-4-5-6(2)7(3)8/h6-8H,4-5H2,1-3H3/t6-,7-/m0/s1. The van der Waals surface area contributed by atoms with E-state index in [1.807, 2.05) is 6.92 Å². The Morgan fingerprint density at radius 2 is 1.88 bits per heavy atom. The monoisotopic (exact) mass is 116 g/mol. The van der Waals surface area contributed by atoms with Gasteiger partial charge >= 0.3 is 0 Å². The molecule has 0 rings (SSSR count). The van der Waals surface area contributed by atoms with Crippen molar-refractivity contribution in [2.45, 2.75) is 39.7 Å². The summed E-state index contributed by atoms with van der Waals surface area (Å²) in [6, 6.07) is 0. The van der Waals surface area contributed by atoms with Gasteiger partial charge in [-0.25, -0.2) is 0 Å². The van der Waals surface area contributed by atoms with Gasteiger partial charge in [-0.15, -0.1) is 0 Å². The minimum atomic E-state index is -0.130. The Morgan fingerprint density at radius 1 is 1.38 bits per heavy atom. The van der Waals surface area contributed by atoms with Gasteiger partial charge in [0.25, 0.3) is 0 Å². The second-order valence-corrected chi connectivity index (χ2v) is 2.51. The molecule has 2 atom stereocenters. The highest BCUT2D eigenvalue weighted by molar-refractivity contribution is 4.56. The molecule has 1 heteroatoms. The average molecular weight is 116 g/mol. The van der Waals surface area contributed by atoms with Crippen molar-refractivity contribution in [3.05, 3.63) is 0 Å². The molecule has 0 aromatic heterocycles. The Balaban J connectivity index is 3.17. The lowest BCUT2D eigenvalue weighted by Gasteiger charge is -2.11. The molecule has 0 aliphatic heterocycles. The van der Waals surface area contributed by atoms with Crippen LogP contribution in [-0.4, -0.2) is 11.2 Å². The first kappa shape index (κ1) is 7.96. The molecule has 0 fully saturated rings. The summed E-state index contributed by atoms with van der Waals surface area (Å²) in [5, 5.41) is 8.95. The number of hydrogen-bond donors (Lipinski definition) is 1. The summed E-state index contributed by atoms with van der Waals surface area (Å²) in [7, 11) is 0. The van der Waals surface area contributed by atoms with Crippen LogP contribution < -0.4 is 0 Å². The molecule has 0 saturated carbocycles. The fraction of sp³-hybridized carbons (Fsp3) is 1.00. The van der Waals surface area contributed by atoms with Crippen molar-refractivity contribution in [2.75, 3.05) is 0 Å². The van der Waals surface area contributed by atoms with Crippen LogP contribution in [0.3, 0.4) is 0 Å². The minimum absolute atomic E-state index is 0.130. The first-order valence-electron chi connectivity index (χ1n) is 3.36. The first-order chi connectivity index (χ1) is 3.68. The number of aliphatic hydroxyl groups excluding tert-OH is 1. The molecule has 8 heavy (non-hydrogen) atoms. The number of aliphatic hydroxyl groups is 1. The van der Waals surface area contributed by atoms with E-state index in [1.54, 1.807) is 0 Å². The zero-order chi connectivity index (χ0) is 6.57. The van der Waals surface area contributed by atoms with Crippen molar-refractivity contribution in [1.29, 1.82) is 0 Å². The molecule has 0 spiro atoms. The highest BCUT2D eigenvalue weighted by atomic mass is 16.3. The van der Waals surface area contributed by atoms with E-state index in [0.717, 1.165) is 6.42 Å². The predicted octanol–water partition coefficient (Wildman–Crippen LogP) is 1.80. The fourth-order valence-electron chi connectivity index (χ4n) is 0.697. The van der Waals surface area contributed by atoms with Crippen LogP contribution in [0.15, 0.2) is 0 Å². The van der Waals surface area contributed by atoms with Crippen LogP contribution in [0.25, 0.3) is 0 Å². The molecular weight excluding hydrogens is 100 g/mol. The zero-order valence-electron chi connectivity index (χ0n) is 6.02. The van der Waals surface area contributed by atoms with Crippen molar-refractivity contribution in [3.63, 3.8) is 0 Å². The highest BCUT2D eigenvalue weighted by Gasteiger charge is 2.05. The van der Waals surface area contributed by atoms with Gasteiger partial charge in [-0.3, -0.25) is 0 Å². The molecule has 0 radical (unpaired) electrons. The van der Waals surface area contributed by atoms with Crippen LogP contribution in [-0.2, 0) is 0 Å². The lowest BCUT2D eigenvalue weighted by atomic mass is 10.0. The van der Waals surface area contributed by atoms with Crippen molar-refractivity contribution < 1.29 is 5.11 Å². The quantitative estimate of drug-likeness (QED) is 0.596. The third kappa shape index (κ3) is 3.03. The maximum Gasteiger partial charge on any atom is 0.0537 e. The van der Waals surface area contributed by atoms with Crippen molar-refractivity contribution in [3.8, 4) is 0 Å². The van der Waals surface area contributed by atoms with E-state index in [1.165, 1.54) is 6.42 Å². The molecule has 0 amide bonds. The van der Waals surface area contributed by atoms with Gasteiger partial charge in [0.1, 0.15) is 0 Å². The van der Waals surface area contributed by atoms with E-state index in [-0.39, 0.29) is 6.10 Å². The molecule has 1 nitrogen and oxygen atoms in total. The number of rotatable bonds is 3. The zero-order valence-corrected chi connectivity index (χ0v) is 6.02. The Kier molecular flexibility index (Phi) is 3.88. The molecule has 1 N–H and O–H groups in total. The van der Waals surface area contributed by atoms with E-state index in [9.17, 15) is 0 Å². The third-order valence-corrected chi connectivity index (χ3v) is 1.57. The van der Waals surface area contributed by atoms with Crippen molar-refractivity contribution in [1.82, 2.24) is 0 Å². The van der Waals surface area contributed by atoms with E-state index in [4.69, 9.17) is 5.11 Å². The summed E-state index contributed by atoms with van der Waals surface area (Å²) in [5.41, 5.74) is 0. The average Bonchev–Trinajstić information content (AvgIpc) is 1.67. The molecule has 0 aromatic carbocycles. The van der Waals surface area contributed by atoms with E-state index < -0.39 is 0 Å². The van der Waals surface area contributed by atoms with Crippen LogP contribution in [0, 0.1) is 5.92 Å². The molecule has 0 heterocycles. The molecule has 0 aliphatic rings. The fourth-order valence-corrected chi connectivity index (χ4v) is 0.697. The Labute approximate surface area is 51.7 Å². The molecule has 50 valence electrons. The predicted molar refractivity (Wildman–Crippen MR) is 35.8 cm³/mol. The summed E-state index contributed by atoms with van der Waals surface area (Å²) in [4.78, 5) is 0. The van der Waals surface area contributed by atoms with Gasteiger partial charge in [-0.2, -0.15) is 0 Å². The van der Waals surface area contributed by atoms with E-state index in [0.29, 0.717) is 5.92 Å². The normalized spacial score (nSPS) is 18.0. The van der Waals surface area contributed by atoms with Gasteiger partial charge in [-0.1, -0.05) is 20.3 Å². The summed E-state index contributed by atoms with van der Waals surface area (Å²) in [6.07, 6.45) is 2.18. The third-order valence-electron chi connectivity index (χ3n) is 1.57. The van der Waals surface area contributed by atoms with Crippen molar-refractivity contribution >= 4 is 0 Å². The molecule has 0 aliphatic carbocycles. The van der Waals surface area contributed by atoms with Gasteiger partial charge in [0.15, 0.2) is 0 Å². The number of hydrogen-bond acceptors (Lipinski definition) is 1. The second-order valence-electron chi connectivity index (χ2n) is 2.51. The summed E-state index contributed by atoms with van der Waals surface area (Å²) < 4.78 is 0. The Morgan fingerprint density at radius 3 is 2.00 bits per heavy atom. The summed E-state index contributed by atoms with van der Waals surface area (Å²) in [6.45, 7) is 6.06. The second kappa shape index (κ2) is 3.90. The topological polar surface area (TPSA) is 20.2 Å². The van der Waals surface area contributed by atoms with Gasteiger partial charge in [0.05, 0.1) is 6.10 Å². The minimum Gasteiger partial charge on any atom is -0.393 e. The molecule has 0 aromatic rings. The van der Waals surface area contributed by atoms with Gasteiger partial charge in [0.2, 0.25) is 0 Å². The Bertz CT molecular complexity index is 50.3. The van der Waals surface area contributed by atoms with Crippen LogP contribution in [0.5, 0.6) is 0 Å². The largest absolute Gasteiger partial charge is 0.393 e. The lowest BCUT2D eigenvalue weighted by molar-refractivity contribution is 0.129. The summed E-state index contributed by atoms with van der Waals surface area (Å²) in [5.74, 6) is 0.472. The molecule has 0 saturated heterocycles. The summed E-state index contributed by atoms with van der Waals surface area (Å²) >= 11 is 0. The van der Waals surface area contributed by atoms with E-state index in [2.05, 4.69) is 13.8 Å². The first-order valence-corrected chi connectivity index (χ1v) is 3.36. The van der Waals surface area contributed by atoms with Gasteiger partial charge in [0, 0.05) is 0 Å². The van der Waals surface area contributed by atoms with Crippen LogP contribution in [0.1, 0.15) is 33.6 Å². The highest BCUT2D eigenvalue weighted by Crippen LogP contribution is 2.08. The lowest BCUT2D eigenvalue weighted by Crippen LogP contribution is -2.11. The van der Waals surface area contributed by atoms with Crippen LogP contribution in [0.2, 0.25) is 0 Å². The molecule has 0 unspecified atom stereocenters. The van der Waals surface area contributed by atoms with Crippen molar-refractivity contribution in [2.24, 2.45) is 5.92 Å². The molecular formula is C7H16O. The maximum atomic E-state index is 8.95. The van der Waals surface area contributed by atoms with Gasteiger partial charge < -0.3 is 5.11 Å². The van der Waals surface area contributed by atoms with Gasteiger partial charge in [-0.05, 0) is 19.3 Å². The maximum absolute atomic E-state index is 8.95. The Hall–Kier alpha value is -0.0400. The van der Waals surface area contributed by atoms with Crippen LogP contribution >= 0.6 is 0 Å².